The molecule has 42 heavy (non-hydrogen) atoms. The minimum Gasteiger partial charge on any atom is -0.501 e. The highest BCUT2D eigenvalue weighted by atomic mass is 35.6. The number of anilines is 1. The van der Waals surface area contributed by atoms with Gasteiger partial charge in [0.2, 0.25) is 15.4 Å². The fourth-order valence-electron chi connectivity index (χ4n) is 3.08. The van der Waals surface area contributed by atoms with Crippen molar-refractivity contribution in [3.8, 4) is 0 Å². The summed E-state index contributed by atoms with van der Waals surface area (Å²) in [5.74, 6) is -4.04. The van der Waals surface area contributed by atoms with Crippen LogP contribution >= 0.6 is 69.6 Å². The Labute approximate surface area is 264 Å². The van der Waals surface area contributed by atoms with E-state index in [-0.39, 0.29) is 22.9 Å². The minimum absolute atomic E-state index is 0.148. The summed E-state index contributed by atoms with van der Waals surface area (Å²) in [4.78, 5) is 25.2. The molecule has 0 saturated heterocycles. The summed E-state index contributed by atoms with van der Waals surface area (Å²) < 4.78 is 54.2. The number of halogens is 10. The number of nitrogen functional groups attached to an aromatic ring is 1. The van der Waals surface area contributed by atoms with Gasteiger partial charge < -0.3 is 15.5 Å². The van der Waals surface area contributed by atoms with E-state index in [9.17, 15) is 22.4 Å². The Morgan fingerprint density at radius 2 is 1.55 bits per heavy atom. The van der Waals surface area contributed by atoms with E-state index in [0.717, 1.165) is 30.3 Å². The SMILES string of the molecule is CCO/C=C/C(=O)C(Cl)(Cl)Cl.Fc1cc2nc3nc(C(Cl)(Cl)Cl)ccn3c2cc1F.Nc1nc2cc(F)c(F)cc2[nH]1. The van der Waals surface area contributed by atoms with Crippen LogP contribution in [-0.2, 0) is 13.3 Å². The molecule has 3 heterocycles. The summed E-state index contributed by atoms with van der Waals surface area (Å²) in [5, 5.41) is 0. The van der Waals surface area contributed by atoms with Gasteiger partial charge in [0.05, 0.1) is 40.6 Å². The fourth-order valence-corrected chi connectivity index (χ4v) is 3.58. The molecule has 0 saturated carbocycles. The Balaban J connectivity index is 0.000000184. The van der Waals surface area contributed by atoms with Gasteiger partial charge in [0.25, 0.3) is 3.79 Å². The van der Waals surface area contributed by atoms with Gasteiger partial charge in [0.15, 0.2) is 29.2 Å². The summed E-state index contributed by atoms with van der Waals surface area (Å²) in [5.41, 5.74) is 6.84. The Morgan fingerprint density at radius 3 is 2.14 bits per heavy atom. The molecule has 0 unspecified atom stereocenters. The van der Waals surface area contributed by atoms with Crippen molar-refractivity contribution in [2.45, 2.75) is 14.5 Å². The van der Waals surface area contributed by atoms with Gasteiger partial charge in [-0.05, 0) is 13.0 Å². The van der Waals surface area contributed by atoms with Crippen LogP contribution in [0.2, 0.25) is 0 Å². The average Bonchev–Trinajstić information content (AvgIpc) is 3.42. The number of hydrogen-bond donors (Lipinski definition) is 2. The largest absolute Gasteiger partial charge is 0.501 e. The van der Waals surface area contributed by atoms with Crippen LogP contribution in [0.5, 0.6) is 0 Å². The smallest absolute Gasteiger partial charge is 0.252 e. The molecular weight excluding hydrogens is 693 g/mol. The van der Waals surface area contributed by atoms with Gasteiger partial charge in [0.1, 0.15) is 0 Å². The number of H-pyrrole nitrogens is 1. The highest BCUT2D eigenvalue weighted by Gasteiger charge is 2.28. The Bertz CT molecular complexity index is 1730. The first-order valence-electron chi connectivity index (χ1n) is 11.2. The van der Waals surface area contributed by atoms with Gasteiger partial charge in [-0.15, -0.1) is 0 Å². The maximum absolute atomic E-state index is 13.2. The van der Waals surface area contributed by atoms with Crippen LogP contribution in [0.3, 0.4) is 0 Å². The molecule has 8 nitrogen and oxygen atoms in total. The zero-order valence-corrected chi connectivity index (χ0v) is 25.3. The third kappa shape index (κ3) is 8.65. The van der Waals surface area contributed by atoms with Crippen molar-refractivity contribution in [1.82, 2.24) is 24.3 Å². The molecule has 0 aliphatic heterocycles. The van der Waals surface area contributed by atoms with Gasteiger partial charge in [-0.1, -0.05) is 69.6 Å². The van der Waals surface area contributed by atoms with Crippen LogP contribution in [0.4, 0.5) is 23.5 Å². The molecule has 3 aromatic heterocycles. The number of ether oxygens (including phenoxy) is 1. The summed E-state index contributed by atoms with van der Waals surface area (Å²) in [6, 6.07) is 5.53. The molecule has 0 atom stereocenters. The van der Waals surface area contributed by atoms with Crippen LogP contribution in [0.25, 0.3) is 27.8 Å². The zero-order valence-electron chi connectivity index (χ0n) is 20.8. The second-order valence-electron chi connectivity index (χ2n) is 7.87. The van der Waals surface area contributed by atoms with Gasteiger partial charge in [0, 0.05) is 36.5 Å². The number of allylic oxidation sites excluding steroid dienone is 1. The first-order chi connectivity index (χ1) is 19.5. The highest BCUT2D eigenvalue weighted by molar-refractivity contribution is 6.77. The van der Waals surface area contributed by atoms with Crippen LogP contribution in [0.1, 0.15) is 12.6 Å². The second-order valence-corrected chi connectivity index (χ2v) is 12.4. The van der Waals surface area contributed by atoms with E-state index < -0.39 is 36.6 Å². The van der Waals surface area contributed by atoms with E-state index in [0.29, 0.717) is 23.2 Å². The average molecular weight is 709 g/mol. The van der Waals surface area contributed by atoms with Gasteiger partial charge >= 0.3 is 0 Å². The number of carbonyl (C=O) groups excluding carboxylic acids is 1. The molecule has 0 spiro atoms. The molecule has 2 aromatic carbocycles. The van der Waals surface area contributed by atoms with Crippen LogP contribution in [0.15, 0.2) is 48.9 Å². The number of imidazole rings is 2. The van der Waals surface area contributed by atoms with Crippen LogP contribution < -0.4 is 5.73 Å². The molecule has 5 aromatic rings. The molecule has 0 radical (unpaired) electrons. The van der Waals surface area contributed by atoms with Crippen LogP contribution in [0, 0.1) is 23.3 Å². The van der Waals surface area contributed by atoms with E-state index in [1.54, 1.807) is 6.92 Å². The molecule has 5 rings (SSSR count). The summed E-state index contributed by atoms with van der Waals surface area (Å²) in [6.45, 7) is 2.26. The Kier molecular flexibility index (Phi) is 11.0. The van der Waals surface area contributed by atoms with E-state index >= 15 is 0 Å². The van der Waals surface area contributed by atoms with Crippen molar-refractivity contribution in [2.75, 3.05) is 12.3 Å². The topological polar surface area (TPSA) is 111 Å². The molecule has 3 N–H and O–H groups in total. The molecule has 0 aliphatic carbocycles. The molecule has 0 bridgehead atoms. The molecule has 18 heteroatoms. The van der Waals surface area contributed by atoms with E-state index in [1.807, 2.05) is 0 Å². The third-order valence-electron chi connectivity index (χ3n) is 4.91. The predicted octanol–water partition coefficient (Wildman–Crippen LogP) is 7.89. The maximum Gasteiger partial charge on any atom is 0.252 e. The van der Waals surface area contributed by atoms with Gasteiger partial charge in [-0.2, -0.15) is 0 Å². The standard InChI is InChI=1S/C11H4Cl3F2N3.C7H5F2N3.C6H7Cl3O2/c12-11(13,14)9-1-2-19-8-4-6(16)5(15)3-7(8)17-10(19)18-9;8-3-1-5-6(2-4(3)9)12-7(10)11-5;1-2-11-4-3-5(10)6(7,8)9/h1-4H;1-2H,(H3,10,11,12);3-4H,2H2,1H3/b;;4-3+. The summed E-state index contributed by atoms with van der Waals surface area (Å²) in [7, 11) is 0. The van der Waals surface area contributed by atoms with Crippen molar-refractivity contribution >= 4 is 109 Å². The highest BCUT2D eigenvalue weighted by Crippen LogP contribution is 2.37. The lowest BCUT2D eigenvalue weighted by molar-refractivity contribution is -0.113. The van der Waals surface area contributed by atoms with E-state index in [2.05, 4.69) is 19.9 Å². The number of nitrogens with two attached hydrogens (primary N) is 1. The number of alkyl halides is 6. The van der Waals surface area contributed by atoms with Crippen molar-refractivity contribution in [3.63, 3.8) is 0 Å². The third-order valence-corrected chi connectivity index (χ3v) is 6.05. The quantitative estimate of drug-likeness (QED) is 0.0854. The normalized spacial score (nSPS) is 11.9. The number of aromatic nitrogens is 5. The minimum atomic E-state index is -1.88. The Morgan fingerprint density at radius 1 is 0.952 bits per heavy atom. The summed E-state index contributed by atoms with van der Waals surface area (Å²) >= 11 is 32.9. The predicted molar refractivity (Wildman–Crippen MR) is 156 cm³/mol. The summed E-state index contributed by atoms with van der Waals surface area (Å²) in [6.07, 6.45) is 3.81. The number of ketones is 1. The number of aromatic amines is 1. The fraction of sp³-hybridized carbons (Fsp3) is 0.167. The van der Waals surface area contributed by atoms with Crippen molar-refractivity contribution in [2.24, 2.45) is 0 Å². The first kappa shape index (κ1) is 33.8. The maximum atomic E-state index is 13.2. The number of benzene rings is 2. The van der Waals surface area contributed by atoms with Crippen LogP contribution in [-0.4, -0.2) is 40.5 Å². The molecule has 0 fully saturated rings. The Hall–Kier alpha value is -2.74. The van der Waals surface area contributed by atoms with Gasteiger partial charge in [-0.25, -0.2) is 32.5 Å². The lowest BCUT2D eigenvalue weighted by atomic mass is 10.3. The molecular formula is C24H16Cl6F4N6O2. The van der Waals surface area contributed by atoms with Crippen molar-refractivity contribution in [3.05, 3.63) is 77.8 Å². The number of nitrogens with one attached hydrogen (secondary N) is 1. The number of rotatable bonds is 3. The second kappa shape index (κ2) is 13.7. The van der Waals surface area contributed by atoms with E-state index in [1.165, 1.54) is 22.9 Å². The number of fused-ring (bicyclic) bond motifs is 4. The molecule has 0 aliphatic rings. The number of nitrogens with zero attached hydrogens (tertiary/aromatic N) is 4. The lowest BCUT2D eigenvalue weighted by Crippen LogP contribution is -2.15. The molecule has 224 valence electrons. The van der Waals surface area contributed by atoms with Crippen molar-refractivity contribution < 1.29 is 27.1 Å². The van der Waals surface area contributed by atoms with Crippen molar-refractivity contribution in [1.29, 1.82) is 0 Å². The first-order valence-corrected chi connectivity index (χ1v) is 13.5. The van der Waals surface area contributed by atoms with Gasteiger partial charge in [-0.3, -0.25) is 9.20 Å². The zero-order chi connectivity index (χ0) is 31.4. The number of carbonyl (C=O) groups is 1. The number of hydrogen-bond acceptors (Lipinski definition) is 6. The van der Waals surface area contributed by atoms with E-state index in [4.69, 9.17) is 80.1 Å². The molecule has 0 amide bonds. The monoisotopic (exact) mass is 706 g/mol. The lowest BCUT2D eigenvalue weighted by Gasteiger charge is -2.09.